The lowest BCUT2D eigenvalue weighted by Gasteiger charge is -2.21. The van der Waals surface area contributed by atoms with Crippen LogP contribution in [-0.4, -0.2) is 38.7 Å². The molecule has 2 aliphatic rings. The minimum absolute atomic E-state index is 0.530. The van der Waals surface area contributed by atoms with Crippen molar-refractivity contribution in [3.8, 4) is 0 Å². The first-order valence-electron chi connectivity index (χ1n) is 11.7. The summed E-state index contributed by atoms with van der Waals surface area (Å²) in [5.41, 5.74) is 5.98. The second-order valence-electron chi connectivity index (χ2n) is 8.03. The Morgan fingerprint density at radius 3 is 1.46 bits per heavy atom. The molecule has 0 aliphatic heterocycles. The lowest BCUT2D eigenvalue weighted by atomic mass is 10.2. The van der Waals surface area contributed by atoms with E-state index in [9.17, 15) is 0 Å². The van der Waals surface area contributed by atoms with Gasteiger partial charge in [-0.15, -0.1) is 0 Å². The molecular weight excluding hydrogens is 432 g/mol. The van der Waals surface area contributed by atoms with Gasteiger partial charge in [0.25, 0.3) is 0 Å². The van der Waals surface area contributed by atoms with Crippen LogP contribution in [0.2, 0.25) is 0 Å². The maximum atomic E-state index is 6.00. The van der Waals surface area contributed by atoms with E-state index in [-0.39, 0.29) is 0 Å². The van der Waals surface area contributed by atoms with Gasteiger partial charge in [-0.3, -0.25) is 10.0 Å². The maximum absolute atomic E-state index is 6.00. The Hall–Kier alpha value is -4.22. The van der Waals surface area contributed by atoms with Gasteiger partial charge in [0.15, 0.2) is 0 Å². The van der Waals surface area contributed by atoms with Crippen molar-refractivity contribution < 1.29 is 4.74 Å². The number of benzene rings is 2. The zero-order valence-electron chi connectivity index (χ0n) is 19.8. The van der Waals surface area contributed by atoms with E-state index in [2.05, 4.69) is 13.2 Å². The number of hydrogen-bond acceptors (Lipinski definition) is 5. The van der Waals surface area contributed by atoms with Crippen LogP contribution in [0.25, 0.3) is 0 Å². The molecule has 2 aromatic rings. The van der Waals surface area contributed by atoms with Crippen molar-refractivity contribution in [2.24, 2.45) is 10.2 Å². The summed E-state index contributed by atoms with van der Waals surface area (Å²) in [6.45, 7) is 10.4. The molecule has 5 nitrogen and oxygen atoms in total. The van der Waals surface area contributed by atoms with Gasteiger partial charge in [0, 0.05) is 11.1 Å². The summed E-state index contributed by atoms with van der Waals surface area (Å²) in [5, 5.41) is 13.3. The highest BCUT2D eigenvalue weighted by Gasteiger charge is 2.09. The number of ether oxygens (including phenoxy) is 1. The quantitative estimate of drug-likeness (QED) is 0.218. The molecule has 35 heavy (non-hydrogen) atoms. The van der Waals surface area contributed by atoms with Crippen molar-refractivity contribution in [2.75, 3.05) is 36.3 Å². The Labute approximate surface area is 207 Å². The molecule has 0 heterocycles. The molecule has 2 aromatic carbocycles. The number of anilines is 2. The molecule has 0 N–H and O–H groups in total. The largest absolute Gasteiger partial charge is 0.378 e. The second-order valence-corrected chi connectivity index (χ2v) is 8.03. The molecule has 2 aliphatic carbocycles. The Kier molecular flexibility index (Phi) is 8.41. The Morgan fingerprint density at radius 2 is 1.09 bits per heavy atom. The molecule has 0 spiro atoms. The number of hydrazone groups is 2. The van der Waals surface area contributed by atoms with Crippen molar-refractivity contribution in [3.63, 3.8) is 0 Å². The summed E-state index contributed by atoms with van der Waals surface area (Å²) in [5.74, 6) is 0. The summed E-state index contributed by atoms with van der Waals surface area (Å²) >= 11 is 0. The fraction of sp³-hybridized carbons (Fsp3) is 0.133. The third-order valence-corrected chi connectivity index (χ3v) is 5.56. The molecule has 0 fully saturated rings. The first-order chi connectivity index (χ1) is 17.2. The second kappa shape index (κ2) is 12.3. The molecule has 0 unspecified atom stereocenters. The molecule has 176 valence electrons. The maximum Gasteiger partial charge on any atom is 0.0663 e. The fourth-order valence-corrected chi connectivity index (χ4v) is 3.57. The van der Waals surface area contributed by atoms with Crippen LogP contribution in [0.1, 0.15) is 0 Å². The van der Waals surface area contributed by atoms with E-state index in [0.29, 0.717) is 26.3 Å². The van der Waals surface area contributed by atoms with Crippen LogP contribution in [0, 0.1) is 0 Å². The van der Waals surface area contributed by atoms with Crippen LogP contribution < -0.4 is 10.0 Å². The van der Waals surface area contributed by atoms with E-state index in [1.165, 1.54) is 0 Å². The van der Waals surface area contributed by atoms with Gasteiger partial charge >= 0.3 is 0 Å². The molecule has 0 radical (unpaired) electrons. The van der Waals surface area contributed by atoms with Crippen molar-refractivity contribution in [3.05, 3.63) is 133 Å². The zero-order chi connectivity index (χ0) is 24.3. The smallest absolute Gasteiger partial charge is 0.0663 e. The van der Waals surface area contributed by atoms with Crippen molar-refractivity contribution in [1.29, 1.82) is 0 Å². The number of para-hydroxylation sites is 2. The third-order valence-electron chi connectivity index (χ3n) is 5.56. The van der Waals surface area contributed by atoms with Crippen molar-refractivity contribution in [1.82, 2.24) is 0 Å². The van der Waals surface area contributed by atoms with Crippen LogP contribution in [0.5, 0.6) is 0 Å². The van der Waals surface area contributed by atoms with E-state index in [1.54, 1.807) is 0 Å². The summed E-state index contributed by atoms with van der Waals surface area (Å²) in [7, 11) is 0. The molecule has 4 rings (SSSR count). The molecule has 0 amide bonds. The van der Waals surface area contributed by atoms with E-state index >= 15 is 0 Å². The molecular formula is C30H30N4O. The van der Waals surface area contributed by atoms with E-state index in [0.717, 1.165) is 33.7 Å². The molecule has 0 saturated carbocycles. The van der Waals surface area contributed by atoms with Gasteiger partial charge in [0.05, 0.1) is 50.1 Å². The number of allylic oxidation sites excluding steroid dienone is 10. The van der Waals surface area contributed by atoms with Gasteiger partial charge in [-0.1, -0.05) is 86.0 Å². The van der Waals surface area contributed by atoms with Gasteiger partial charge in [0.1, 0.15) is 0 Å². The highest BCUT2D eigenvalue weighted by atomic mass is 16.5. The SMILES string of the molecule is C=C1C=CC=C1/C=N/N(CCOCCN(/N=C/C1=CC=CC1=C)c1ccccc1)c1ccccc1. The normalized spacial score (nSPS) is 14.9. The molecule has 0 bridgehead atoms. The lowest BCUT2D eigenvalue weighted by molar-refractivity contribution is 0.146. The van der Waals surface area contributed by atoms with E-state index in [4.69, 9.17) is 14.9 Å². The minimum atomic E-state index is 0.530. The third kappa shape index (κ3) is 6.88. The predicted octanol–water partition coefficient (Wildman–Crippen LogP) is 6.09. The highest BCUT2D eigenvalue weighted by Crippen LogP contribution is 2.18. The van der Waals surface area contributed by atoms with E-state index in [1.807, 2.05) is 120 Å². The average Bonchev–Trinajstić information content (AvgIpc) is 3.50. The van der Waals surface area contributed by atoms with Crippen molar-refractivity contribution in [2.45, 2.75) is 0 Å². The fourth-order valence-electron chi connectivity index (χ4n) is 3.57. The first-order valence-corrected chi connectivity index (χ1v) is 11.7. The summed E-state index contributed by atoms with van der Waals surface area (Å²) in [4.78, 5) is 0. The molecule has 0 saturated heterocycles. The molecule has 0 aromatic heterocycles. The average molecular weight is 463 g/mol. The zero-order valence-corrected chi connectivity index (χ0v) is 19.8. The number of nitrogens with zero attached hydrogens (tertiary/aromatic N) is 4. The predicted molar refractivity (Wildman–Crippen MR) is 148 cm³/mol. The monoisotopic (exact) mass is 462 g/mol. The van der Waals surface area contributed by atoms with Gasteiger partial charge in [0.2, 0.25) is 0 Å². The molecule has 5 heteroatoms. The van der Waals surface area contributed by atoms with Gasteiger partial charge < -0.3 is 4.74 Å². The van der Waals surface area contributed by atoms with Gasteiger partial charge in [-0.25, -0.2) is 0 Å². The van der Waals surface area contributed by atoms with Gasteiger partial charge in [-0.2, -0.15) is 10.2 Å². The van der Waals surface area contributed by atoms with Gasteiger partial charge in [-0.05, 0) is 35.4 Å². The van der Waals surface area contributed by atoms with Crippen LogP contribution in [0.4, 0.5) is 11.4 Å². The highest BCUT2D eigenvalue weighted by molar-refractivity contribution is 5.89. The van der Waals surface area contributed by atoms with Crippen LogP contribution in [0.15, 0.2) is 143 Å². The summed E-state index contributed by atoms with van der Waals surface area (Å²) < 4.78 is 6.00. The standard InChI is InChI=1S/C30H30N4O/c1-25-11-9-13-27(25)23-31-33(29-15-5-3-6-16-29)19-21-35-22-20-34(30-17-7-4-8-18-30)32-24-28-14-10-12-26(28)2/h3-18,23-24H,1-2,19-22H2/b31-23+,32-24+. The van der Waals surface area contributed by atoms with Crippen LogP contribution >= 0.6 is 0 Å². The van der Waals surface area contributed by atoms with Crippen molar-refractivity contribution >= 4 is 23.8 Å². The Balaban J connectivity index is 1.33. The minimum Gasteiger partial charge on any atom is -0.378 e. The van der Waals surface area contributed by atoms with Crippen LogP contribution in [0.3, 0.4) is 0 Å². The van der Waals surface area contributed by atoms with E-state index < -0.39 is 0 Å². The number of rotatable bonds is 12. The molecule has 0 atom stereocenters. The van der Waals surface area contributed by atoms with Crippen LogP contribution in [-0.2, 0) is 4.74 Å². The summed E-state index contributed by atoms with van der Waals surface area (Å²) in [6.07, 6.45) is 15.6. The Bertz CT molecular complexity index is 1110. The first kappa shape index (κ1) is 23.9. The number of hydrogen-bond donors (Lipinski definition) is 0. The topological polar surface area (TPSA) is 40.4 Å². The summed E-state index contributed by atoms with van der Waals surface area (Å²) in [6, 6.07) is 20.2. The Morgan fingerprint density at radius 1 is 0.657 bits per heavy atom. The lowest BCUT2D eigenvalue weighted by Crippen LogP contribution is -2.26.